The van der Waals surface area contributed by atoms with Crippen molar-refractivity contribution in [2.75, 3.05) is 20.8 Å². The van der Waals surface area contributed by atoms with Crippen molar-refractivity contribution in [3.63, 3.8) is 0 Å². The van der Waals surface area contributed by atoms with Crippen LogP contribution < -0.4 is 20.1 Å². The van der Waals surface area contributed by atoms with Gasteiger partial charge in [0.05, 0.1) is 7.11 Å². The van der Waals surface area contributed by atoms with Crippen molar-refractivity contribution < 1.29 is 33.4 Å². The van der Waals surface area contributed by atoms with Gasteiger partial charge < -0.3 is 19.5 Å². The molecule has 9 heteroatoms. The molecule has 0 aliphatic rings. The van der Waals surface area contributed by atoms with Crippen molar-refractivity contribution in [2.45, 2.75) is 13.0 Å². The maximum absolute atomic E-state index is 12.4. The van der Waals surface area contributed by atoms with Crippen LogP contribution in [-0.2, 0) is 14.3 Å². The summed E-state index contributed by atoms with van der Waals surface area (Å²) in [6, 6.07) is 12.0. The molecule has 158 valence electrons. The van der Waals surface area contributed by atoms with Gasteiger partial charge in [-0.1, -0.05) is 30.3 Å². The van der Waals surface area contributed by atoms with Gasteiger partial charge in [0, 0.05) is 18.2 Å². The number of imide groups is 1. The number of amides is 3. The first-order chi connectivity index (χ1) is 14.3. The van der Waals surface area contributed by atoms with Crippen LogP contribution in [0.4, 0.5) is 4.79 Å². The number of hydrogen-bond donors (Lipinski definition) is 2. The fourth-order valence-electron chi connectivity index (χ4n) is 2.45. The number of esters is 1. The highest BCUT2D eigenvalue weighted by atomic mass is 16.6. The predicted molar refractivity (Wildman–Crippen MR) is 106 cm³/mol. The maximum Gasteiger partial charge on any atom is 0.345 e. The molecule has 0 saturated carbocycles. The number of rotatable bonds is 8. The average molecular weight is 414 g/mol. The van der Waals surface area contributed by atoms with E-state index in [-0.39, 0.29) is 17.3 Å². The average Bonchev–Trinajstić information content (AvgIpc) is 2.76. The Labute approximate surface area is 173 Å². The Bertz CT molecular complexity index is 928. The van der Waals surface area contributed by atoms with Gasteiger partial charge in [-0.3, -0.25) is 14.9 Å². The second kappa shape index (κ2) is 10.6. The van der Waals surface area contributed by atoms with Crippen LogP contribution in [0.3, 0.4) is 0 Å². The lowest BCUT2D eigenvalue weighted by atomic mass is 10.1. The molecular formula is C21H22N2O7. The number of ketones is 1. The third-order valence-corrected chi connectivity index (χ3v) is 3.97. The molecule has 0 heterocycles. The molecular weight excluding hydrogens is 392 g/mol. The van der Waals surface area contributed by atoms with Crippen LogP contribution in [-0.4, -0.2) is 44.5 Å². The number of methoxy groups -OCH3 is 1. The molecule has 1 atom stereocenters. The molecule has 0 spiro atoms. The Hall–Kier alpha value is -3.88. The second-order valence-corrected chi connectivity index (χ2v) is 6.06. The number of Topliss-reactive ketones (excluding diaryl/α,β-unsaturated/α-hetero) is 1. The first kappa shape index (κ1) is 22.4. The number of ether oxygens (including phenoxy) is 3. The maximum atomic E-state index is 12.4. The SMILES string of the molecule is CNC(=O)NC(=O)[C@@H](OC(=O)COc1ccc(C(C)=O)cc1OC)c1ccccc1. The smallest absolute Gasteiger partial charge is 0.345 e. The Morgan fingerprint density at radius 2 is 1.70 bits per heavy atom. The standard InChI is InChI=1S/C21H22N2O7/c1-13(24)15-9-10-16(17(11-15)28-3)29-12-18(25)30-19(14-7-5-4-6-8-14)20(26)23-21(27)22-2/h4-11,19H,12H2,1-3H3,(H2,22,23,26,27)/t19-/m0/s1. The predicted octanol–water partition coefficient (Wildman–Crippen LogP) is 2.02. The Balaban J connectivity index is 2.10. The largest absolute Gasteiger partial charge is 0.493 e. The van der Waals surface area contributed by atoms with Crippen LogP contribution in [0.1, 0.15) is 28.9 Å². The molecule has 30 heavy (non-hydrogen) atoms. The molecule has 2 rings (SSSR count). The van der Waals surface area contributed by atoms with Gasteiger partial charge in [0.1, 0.15) is 0 Å². The summed E-state index contributed by atoms with van der Waals surface area (Å²) >= 11 is 0. The molecule has 3 amide bonds. The van der Waals surface area contributed by atoms with E-state index in [4.69, 9.17) is 14.2 Å². The lowest BCUT2D eigenvalue weighted by Gasteiger charge is -2.18. The third-order valence-electron chi connectivity index (χ3n) is 3.97. The third kappa shape index (κ3) is 6.06. The molecule has 2 N–H and O–H groups in total. The van der Waals surface area contributed by atoms with Crippen molar-refractivity contribution in [1.82, 2.24) is 10.6 Å². The number of nitrogens with one attached hydrogen (secondary N) is 2. The highest BCUT2D eigenvalue weighted by Crippen LogP contribution is 2.28. The minimum Gasteiger partial charge on any atom is -0.493 e. The monoisotopic (exact) mass is 414 g/mol. The van der Waals surface area contributed by atoms with Gasteiger partial charge in [0.25, 0.3) is 5.91 Å². The van der Waals surface area contributed by atoms with Crippen LogP contribution in [0, 0.1) is 0 Å². The fraction of sp³-hybridized carbons (Fsp3) is 0.238. The molecule has 0 fully saturated rings. The molecule has 0 radical (unpaired) electrons. The zero-order valence-electron chi connectivity index (χ0n) is 16.8. The van der Waals surface area contributed by atoms with Crippen molar-refractivity contribution >= 4 is 23.7 Å². The Morgan fingerprint density at radius 3 is 2.30 bits per heavy atom. The normalized spacial score (nSPS) is 11.0. The molecule has 2 aromatic carbocycles. The van der Waals surface area contributed by atoms with Crippen LogP contribution in [0.2, 0.25) is 0 Å². The van der Waals surface area contributed by atoms with Crippen molar-refractivity contribution in [3.8, 4) is 11.5 Å². The van der Waals surface area contributed by atoms with Crippen LogP contribution >= 0.6 is 0 Å². The van der Waals surface area contributed by atoms with Gasteiger partial charge in [-0.2, -0.15) is 0 Å². The van der Waals surface area contributed by atoms with E-state index in [2.05, 4.69) is 10.6 Å². The fourth-order valence-corrected chi connectivity index (χ4v) is 2.45. The number of hydrogen-bond acceptors (Lipinski definition) is 7. The highest BCUT2D eigenvalue weighted by molar-refractivity contribution is 5.97. The van der Waals surface area contributed by atoms with Crippen LogP contribution in [0.25, 0.3) is 0 Å². The van der Waals surface area contributed by atoms with Crippen LogP contribution in [0.5, 0.6) is 11.5 Å². The summed E-state index contributed by atoms with van der Waals surface area (Å²) in [6.45, 7) is 0.895. The zero-order valence-corrected chi connectivity index (χ0v) is 16.8. The van der Waals surface area contributed by atoms with E-state index < -0.39 is 30.6 Å². The van der Waals surface area contributed by atoms with Gasteiger partial charge in [-0.05, 0) is 25.1 Å². The molecule has 0 saturated heterocycles. The van der Waals surface area contributed by atoms with Crippen LogP contribution in [0.15, 0.2) is 48.5 Å². The van der Waals surface area contributed by atoms with Gasteiger partial charge in [-0.15, -0.1) is 0 Å². The molecule has 2 aromatic rings. The summed E-state index contributed by atoms with van der Waals surface area (Å²) in [5.74, 6) is -1.30. The first-order valence-corrected chi connectivity index (χ1v) is 8.94. The van der Waals surface area contributed by atoms with Gasteiger partial charge in [0.15, 0.2) is 23.9 Å². The number of urea groups is 1. The Kier molecular flexibility index (Phi) is 7.92. The zero-order chi connectivity index (χ0) is 22.1. The lowest BCUT2D eigenvalue weighted by molar-refractivity contribution is -0.158. The summed E-state index contributed by atoms with van der Waals surface area (Å²) < 4.78 is 15.8. The van der Waals surface area contributed by atoms with Gasteiger partial charge in [0.2, 0.25) is 6.10 Å². The van der Waals surface area contributed by atoms with E-state index >= 15 is 0 Å². The molecule has 0 bridgehead atoms. The van der Waals surface area contributed by atoms with E-state index in [1.807, 2.05) is 0 Å². The van der Waals surface area contributed by atoms with Crippen molar-refractivity contribution in [3.05, 3.63) is 59.7 Å². The number of carbonyl (C=O) groups is 4. The summed E-state index contributed by atoms with van der Waals surface area (Å²) in [6.07, 6.45) is -1.35. The molecule has 0 aromatic heterocycles. The lowest BCUT2D eigenvalue weighted by Crippen LogP contribution is -2.41. The number of carbonyl (C=O) groups excluding carboxylic acids is 4. The minimum atomic E-state index is -1.35. The van der Waals surface area contributed by atoms with E-state index in [1.165, 1.54) is 39.3 Å². The van der Waals surface area contributed by atoms with Gasteiger partial charge >= 0.3 is 12.0 Å². The van der Waals surface area contributed by atoms with E-state index in [0.29, 0.717) is 11.1 Å². The topological polar surface area (TPSA) is 120 Å². The second-order valence-electron chi connectivity index (χ2n) is 6.06. The quantitative estimate of drug-likeness (QED) is 0.501. The summed E-state index contributed by atoms with van der Waals surface area (Å²) in [5.41, 5.74) is 0.812. The van der Waals surface area contributed by atoms with E-state index in [9.17, 15) is 19.2 Å². The summed E-state index contributed by atoms with van der Waals surface area (Å²) in [4.78, 5) is 47.6. The highest BCUT2D eigenvalue weighted by Gasteiger charge is 2.26. The Morgan fingerprint density at radius 1 is 1.00 bits per heavy atom. The molecule has 0 unspecified atom stereocenters. The van der Waals surface area contributed by atoms with Crippen molar-refractivity contribution in [2.24, 2.45) is 0 Å². The van der Waals surface area contributed by atoms with Crippen molar-refractivity contribution in [1.29, 1.82) is 0 Å². The van der Waals surface area contributed by atoms with E-state index in [1.54, 1.807) is 30.3 Å². The molecule has 9 nitrogen and oxygen atoms in total. The van der Waals surface area contributed by atoms with E-state index in [0.717, 1.165) is 0 Å². The molecule has 0 aliphatic heterocycles. The minimum absolute atomic E-state index is 0.146. The molecule has 0 aliphatic carbocycles. The first-order valence-electron chi connectivity index (χ1n) is 8.94. The summed E-state index contributed by atoms with van der Waals surface area (Å²) in [7, 11) is 2.75. The summed E-state index contributed by atoms with van der Waals surface area (Å²) in [5, 5.41) is 4.34. The number of benzene rings is 2. The van der Waals surface area contributed by atoms with Gasteiger partial charge in [-0.25, -0.2) is 9.59 Å².